The summed E-state index contributed by atoms with van der Waals surface area (Å²) in [6.45, 7) is 14.0. The molecule has 0 aromatic heterocycles. The number of anilines is 3. The summed E-state index contributed by atoms with van der Waals surface area (Å²) >= 11 is 0. The molecule has 6 aromatic carbocycles. The molecule has 18 heteroatoms. The van der Waals surface area contributed by atoms with E-state index in [-0.39, 0.29) is 54.5 Å². The molecule has 15 aliphatic heterocycles. The Kier molecular flexibility index (Phi) is 22.7. The van der Waals surface area contributed by atoms with Crippen molar-refractivity contribution >= 4 is 72.6 Å². The number of nitrogens with zero attached hydrogens (tertiary/aromatic N) is 12. The molecule has 18 nitrogen and oxygen atoms in total. The minimum Gasteiger partial charge on any atom is -0.450 e. The van der Waals surface area contributed by atoms with Gasteiger partial charge in [-0.1, -0.05) is 148 Å². The van der Waals surface area contributed by atoms with Crippen LogP contribution in [0.1, 0.15) is 131 Å². The van der Waals surface area contributed by atoms with Crippen LogP contribution in [0, 0.1) is 0 Å². The van der Waals surface area contributed by atoms with Gasteiger partial charge >= 0.3 is 18.3 Å². The van der Waals surface area contributed by atoms with Gasteiger partial charge < -0.3 is 43.6 Å². The van der Waals surface area contributed by atoms with Crippen LogP contribution in [0.3, 0.4) is 0 Å². The van der Waals surface area contributed by atoms with Crippen molar-refractivity contribution in [1.29, 1.82) is 0 Å². The monoisotopic (exact) mass is 1330 g/mol. The van der Waals surface area contributed by atoms with E-state index in [0.717, 1.165) is 161 Å². The standard InChI is InChI=1S/C81H96N12O6/c1-4-97-79(94)91-43-37-88(38-44-91)76-49-64-31-34-67(76)55-85-73-16-10-7-13-70(73)82-53-59-21-27-62(28-22-59)65-32-35-69(77(50-65)89-39-45-92(46-40-89)80(95)98-5-2)57-87-75-18-12-9-15-72(75)84-54-60-23-29-63(30-24-60)66-33-36-68(78(51-66)90-41-47-93(48-42-90)81(96)99-6-3)56-86-74-17-11-8-14-71(74)83-52-58-19-25-61(64)26-20-58/h19-36,49-57,70-75H,4-18,37-48H2,1-3H3/t70-,71-,72-,73-,74-,75-/m1/s1. The molecule has 516 valence electrons. The number of hydrogen-bond acceptors (Lipinski definition) is 15. The molecule has 6 atom stereocenters. The average Bonchev–Trinajstić information content (AvgIpc) is 0.834. The Hall–Kier alpha value is -9.45. The van der Waals surface area contributed by atoms with Crippen LogP contribution in [0.2, 0.25) is 0 Å². The maximum atomic E-state index is 12.9. The number of hydrogen-bond donors (Lipinski definition) is 0. The topological polar surface area (TPSA) is 172 Å². The summed E-state index contributed by atoms with van der Waals surface area (Å²) in [6, 6.07) is 46.5. The van der Waals surface area contributed by atoms with Crippen molar-refractivity contribution < 1.29 is 28.6 Å². The summed E-state index contributed by atoms with van der Waals surface area (Å²) in [5, 5.41) is 0. The Morgan fingerprint density at radius 1 is 0.303 bits per heavy atom. The Bertz CT molecular complexity index is 3520. The van der Waals surface area contributed by atoms with E-state index in [1.54, 1.807) is 14.7 Å². The number of carbonyl (C=O) groups excluding carboxylic acids is 3. The lowest BCUT2D eigenvalue weighted by Gasteiger charge is -2.36. The van der Waals surface area contributed by atoms with Crippen LogP contribution in [0.5, 0.6) is 0 Å². The lowest BCUT2D eigenvalue weighted by molar-refractivity contribution is 0.104. The molecule has 3 amide bonds. The van der Waals surface area contributed by atoms with Gasteiger partial charge in [-0.05, 0) is 128 Å². The number of carbonyl (C=O) groups is 3. The van der Waals surface area contributed by atoms with Gasteiger partial charge in [-0.15, -0.1) is 0 Å². The predicted molar refractivity (Wildman–Crippen MR) is 402 cm³/mol. The van der Waals surface area contributed by atoms with E-state index >= 15 is 0 Å². The third-order valence-corrected chi connectivity index (χ3v) is 20.8. The summed E-state index contributed by atoms with van der Waals surface area (Å²) < 4.78 is 16.2. The highest BCUT2D eigenvalue weighted by Gasteiger charge is 2.31. The molecule has 99 heavy (non-hydrogen) atoms. The zero-order valence-corrected chi connectivity index (χ0v) is 58.0. The first-order valence-electron chi connectivity index (χ1n) is 36.6. The minimum atomic E-state index is -0.264. The third kappa shape index (κ3) is 17.0. The molecule has 3 saturated carbocycles. The van der Waals surface area contributed by atoms with E-state index < -0.39 is 0 Å². The molecule has 0 radical (unpaired) electrons. The quantitative estimate of drug-likeness (QED) is 0.147. The van der Waals surface area contributed by atoms with Crippen molar-refractivity contribution in [2.24, 2.45) is 30.0 Å². The maximum Gasteiger partial charge on any atom is 0.409 e. The number of rotatable bonds is 6. The van der Waals surface area contributed by atoms with Crippen molar-refractivity contribution in [3.63, 3.8) is 0 Å². The van der Waals surface area contributed by atoms with Gasteiger partial charge in [0.1, 0.15) is 0 Å². The minimum absolute atomic E-state index is 0.0364. The van der Waals surface area contributed by atoms with Gasteiger partial charge in [0.15, 0.2) is 0 Å². The van der Waals surface area contributed by atoms with Crippen LogP contribution in [0.15, 0.2) is 157 Å². The van der Waals surface area contributed by atoms with Crippen LogP contribution >= 0.6 is 0 Å². The second-order valence-corrected chi connectivity index (χ2v) is 27.1. The van der Waals surface area contributed by atoms with Crippen LogP contribution in [-0.2, 0) is 14.2 Å². The van der Waals surface area contributed by atoms with E-state index in [0.29, 0.717) is 98.4 Å². The van der Waals surface area contributed by atoms with Gasteiger partial charge in [0.25, 0.3) is 0 Å². The molecule has 0 unspecified atom stereocenters. The molecule has 3 saturated heterocycles. The molecule has 0 N–H and O–H groups in total. The zero-order valence-electron chi connectivity index (χ0n) is 58.0. The number of benzene rings is 6. The zero-order chi connectivity index (χ0) is 67.9. The second-order valence-electron chi connectivity index (χ2n) is 27.1. The van der Waals surface area contributed by atoms with E-state index in [1.165, 1.54) is 0 Å². The number of amides is 3. The van der Waals surface area contributed by atoms with E-state index in [2.05, 4.69) is 161 Å². The number of aliphatic imine (C=N–C) groups is 6. The van der Waals surface area contributed by atoms with Gasteiger partial charge in [-0.25, -0.2) is 14.4 Å². The number of ether oxygens (including phenoxy) is 3. The second kappa shape index (κ2) is 32.9. The number of piperazine rings is 3. The Labute approximate surface area is 584 Å². The summed E-state index contributed by atoms with van der Waals surface area (Å²) in [6.07, 6.45) is 24.0. The highest BCUT2D eigenvalue weighted by molar-refractivity contribution is 5.94. The Morgan fingerprint density at radius 2 is 0.525 bits per heavy atom. The molecule has 15 heterocycles. The van der Waals surface area contributed by atoms with Gasteiger partial charge in [0.2, 0.25) is 0 Å². The van der Waals surface area contributed by atoms with Crippen LogP contribution in [0.25, 0.3) is 33.4 Å². The molecule has 6 aromatic rings. The average molecular weight is 1330 g/mol. The Balaban J connectivity index is 0.830. The fraction of sp³-hybridized carbons (Fsp3) is 0.444. The fourth-order valence-corrected chi connectivity index (χ4v) is 15.0. The molecule has 6 fully saturated rings. The van der Waals surface area contributed by atoms with Crippen LogP contribution in [0.4, 0.5) is 31.4 Å². The van der Waals surface area contributed by atoms with Crippen LogP contribution in [-0.4, -0.2) is 205 Å². The van der Waals surface area contributed by atoms with Crippen molar-refractivity contribution in [3.05, 3.63) is 161 Å². The first kappa shape index (κ1) is 68.1. The molecule has 3 aliphatic carbocycles. The van der Waals surface area contributed by atoms with Crippen molar-refractivity contribution in [3.8, 4) is 33.4 Å². The van der Waals surface area contributed by atoms with E-state index in [4.69, 9.17) is 44.2 Å². The highest BCUT2D eigenvalue weighted by atomic mass is 16.6. The van der Waals surface area contributed by atoms with E-state index in [1.807, 2.05) is 39.4 Å². The molecule has 24 rings (SSSR count). The van der Waals surface area contributed by atoms with Crippen molar-refractivity contribution in [2.45, 2.75) is 134 Å². The third-order valence-electron chi connectivity index (χ3n) is 20.8. The fourth-order valence-electron chi connectivity index (χ4n) is 15.0. The van der Waals surface area contributed by atoms with Crippen molar-refractivity contribution in [2.75, 3.05) is 113 Å². The molecular weight excluding hydrogens is 1240 g/mol. The lowest BCUT2D eigenvalue weighted by atomic mass is 9.91. The van der Waals surface area contributed by atoms with Gasteiger partial charge in [-0.2, -0.15) is 0 Å². The molecule has 0 spiro atoms. The predicted octanol–water partition coefficient (Wildman–Crippen LogP) is 14.4. The highest BCUT2D eigenvalue weighted by Crippen LogP contribution is 2.35. The summed E-state index contributed by atoms with van der Waals surface area (Å²) in [5.41, 5.74) is 16.2. The molecular formula is C81H96N12O6. The summed E-state index contributed by atoms with van der Waals surface area (Å²) in [5.74, 6) is 0. The van der Waals surface area contributed by atoms with Gasteiger partial charge in [0, 0.05) is 150 Å². The van der Waals surface area contributed by atoms with Crippen LogP contribution < -0.4 is 14.7 Å². The SMILES string of the molecule is CCOC(=O)N1CCN(c2cc3ccc2C=N[C@@H]2CCCC[C@H]2N=Cc2ccc(cc2)-c2ccc(c(N4CCN(C(=O)OCC)CC4)c2)C=N[C@@H]2CCCC[C@H]2N=Cc2ccc(cc2)-c2ccc(c(N4CCN(C(=O)OCC)CC4)c2)C=N[C@@H]2CCCC[C@H]2N=Cc2ccc-3cc2)CC1. The largest absolute Gasteiger partial charge is 0.450 e. The summed E-state index contributed by atoms with van der Waals surface area (Å²) in [4.78, 5) is 83.1. The van der Waals surface area contributed by atoms with E-state index in [9.17, 15) is 14.4 Å². The first-order valence-corrected chi connectivity index (χ1v) is 36.6. The van der Waals surface area contributed by atoms with Gasteiger partial charge in [-0.3, -0.25) is 30.0 Å². The van der Waals surface area contributed by atoms with Gasteiger partial charge in [0.05, 0.1) is 56.1 Å². The smallest absolute Gasteiger partial charge is 0.409 e. The molecule has 18 aliphatic rings. The van der Waals surface area contributed by atoms with Crippen molar-refractivity contribution in [1.82, 2.24) is 14.7 Å². The maximum absolute atomic E-state index is 12.9. The first-order chi connectivity index (χ1) is 48.6. The molecule has 12 bridgehead atoms. The normalized spacial score (nSPS) is 22.2. The Morgan fingerprint density at radius 3 is 0.758 bits per heavy atom. The lowest BCUT2D eigenvalue weighted by Crippen LogP contribution is -2.49. The summed E-state index contributed by atoms with van der Waals surface area (Å²) in [7, 11) is 0.